The van der Waals surface area contributed by atoms with Gasteiger partial charge in [0.1, 0.15) is 23.0 Å². The Morgan fingerprint density at radius 3 is 1.21 bits per heavy atom. The van der Waals surface area contributed by atoms with E-state index in [0.29, 0.717) is 51.1 Å². The molecule has 470 valence electrons. The Morgan fingerprint density at radius 1 is 0.487 bits per heavy atom. The normalized spacial score (nSPS) is 12.9. The second kappa shape index (κ2) is 43.7. The summed E-state index contributed by atoms with van der Waals surface area (Å²) in [4.78, 5) is 117. The van der Waals surface area contributed by atoms with Crippen LogP contribution in [0.25, 0.3) is 0 Å². The van der Waals surface area contributed by atoms with Crippen LogP contribution >= 0.6 is 0 Å². The van der Waals surface area contributed by atoms with Crippen molar-refractivity contribution in [1.82, 2.24) is 37.2 Å². The maximum atomic E-state index is 12.6. The summed E-state index contributed by atoms with van der Waals surface area (Å²) in [6.45, 7) is 45.4. The third kappa shape index (κ3) is 57.7. The van der Waals surface area contributed by atoms with E-state index in [4.69, 9.17) is 21.9 Å². The summed E-state index contributed by atoms with van der Waals surface area (Å²) in [7, 11) is 0. The predicted molar refractivity (Wildman–Crippen MR) is 322 cm³/mol. The first-order valence-corrected chi connectivity index (χ1v) is 28.6. The summed E-state index contributed by atoms with van der Waals surface area (Å²) in [5.74, 6) is 0.123. The van der Waals surface area contributed by atoms with Crippen LogP contribution in [0.1, 0.15) is 204 Å². The van der Waals surface area contributed by atoms with E-state index in [-0.39, 0.29) is 104 Å². The minimum Gasteiger partial charge on any atom is -0.444 e. The number of hydrogen-bond acceptors (Lipinski definition) is 14. The van der Waals surface area contributed by atoms with Crippen LogP contribution in [-0.4, -0.2) is 128 Å². The van der Waals surface area contributed by atoms with Crippen molar-refractivity contribution in [3.8, 4) is 0 Å². The van der Waals surface area contributed by atoms with Crippen molar-refractivity contribution in [1.29, 1.82) is 0 Å². The molecular weight excluding hydrogens is 1020 g/mol. The predicted octanol–water partition coefficient (Wildman–Crippen LogP) is 6.65. The number of urea groups is 1. The van der Waals surface area contributed by atoms with E-state index in [1.807, 2.05) is 90.0 Å². The molecule has 0 aromatic heterocycles. The third-order valence-electron chi connectivity index (χ3n) is 10.3. The molecule has 0 aliphatic heterocycles. The van der Waals surface area contributed by atoms with E-state index in [9.17, 15) is 47.9 Å². The van der Waals surface area contributed by atoms with E-state index < -0.39 is 52.5 Å². The van der Waals surface area contributed by atoms with Crippen LogP contribution in [0.3, 0.4) is 0 Å². The summed E-state index contributed by atoms with van der Waals surface area (Å²) in [6, 6.07) is -1.63. The Bertz CT molecular complexity index is 1820. The lowest BCUT2D eigenvalue weighted by molar-refractivity contribution is -0.134. The number of hydrogen-bond donors (Lipinski definition) is 10. The first-order chi connectivity index (χ1) is 36.2. The van der Waals surface area contributed by atoms with Gasteiger partial charge in [-0.25, -0.2) is 9.59 Å². The Morgan fingerprint density at radius 2 is 0.863 bits per heavy atom. The van der Waals surface area contributed by atoms with Crippen molar-refractivity contribution in [3.63, 3.8) is 0 Å². The number of primary amides is 1. The summed E-state index contributed by atoms with van der Waals surface area (Å²) in [6.07, 6.45) is 2.82. The van der Waals surface area contributed by atoms with Gasteiger partial charge >= 0.3 is 12.1 Å². The zero-order chi connectivity index (χ0) is 63.9. The van der Waals surface area contributed by atoms with Crippen molar-refractivity contribution >= 4 is 58.9 Å². The lowest BCUT2D eigenvalue weighted by atomic mass is 9.78. The van der Waals surface area contributed by atoms with E-state index in [2.05, 4.69) is 78.8 Å². The number of nitrogens with two attached hydrogens (primary N) is 3. The van der Waals surface area contributed by atoms with E-state index in [0.717, 1.165) is 11.8 Å². The Kier molecular flexibility index (Phi) is 45.8. The second-order valence-corrected chi connectivity index (χ2v) is 26.4. The largest absolute Gasteiger partial charge is 0.444 e. The molecule has 0 radical (unpaired) electrons. The van der Waals surface area contributed by atoms with Gasteiger partial charge < -0.3 is 59.2 Å². The van der Waals surface area contributed by atoms with Gasteiger partial charge in [0.25, 0.3) is 0 Å². The fourth-order valence-electron chi connectivity index (χ4n) is 6.40. The van der Waals surface area contributed by atoms with Crippen LogP contribution in [0.2, 0.25) is 0 Å². The van der Waals surface area contributed by atoms with E-state index >= 15 is 0 Å². The highest BCUT2D eigenvalue weighted by molar-refractivity contribution is 5.93. The Labute approximate surface area is 484 Å². The highest BCUT2D eigenvalue weighted by Gasteiger charge is 2.33. The summed E-state index contributed by atoms with van der Waals surface area (Å²) < 4.78 is 5.05. The van der Waals surface area contributed by atoms with Crippen molar-refractivity contribution < 1.29 is 52.7 Å². The van der Waals surface area contributed by atoms with E-state index in [1.165, 1.54) is 6.92 Å². The number of carbonyl (C=O) groups excluding carboxylic acids is 10. The molecule has 21 nitrogen and oxygen atoms in total. The molecule has 0 aliphatic rings. The van der Waals surface area contributed by atoms with Crippen molar-refractivity contribution in [2.45, 2.75) is 227 Å². The molecule has 0 heterocycles. The lowest BCUT2D eigenvalue weighted by Gasteiger charge is -2.25. The molecule has 0 aromatic carbocycles. The molecule has 0 bridgehead atoms. The number of nitrogens with one attached hydrogen (secondary N) is 7. The maximum Gasteiger partial charge on any atom is 0.407 e. The average Bonchev–Trinajstić information content (AvgIpc) is 3.27. The molecule has 4 atom stereocenters. The monoisotopic (exact) mass is 1140 g/mol. The Hall–Kier alpha value is -5.02. The van der Waals surface area contributed by atoms with Gasteiger partial charge in [-0.2, -0.15) is 0 Å². The van der Waals surface area contributed by atoms with Crippen LogP contribution in [0.15, 0.2) is 0 Å². The number of rotatable bonds is 28. The topological polar surface area (TPSA) is 342 Å². The molecule has 0 fully saturated rings. The molecule has 4 unspecified atom stereocenters. The van der Waals surface area contributed by atoms with E-state index in [1.54, 1.807) is 20.8 Å². The van der Waals surface area contributed by atoms with Gasteiger partial charge in [0.15, 0.2) is 5.78 Å². The van der Waals surface area contributed by atoms with Gasteiger partial charge in [-0.05, 0) is 97.3 Å². The molecule has 0 saturated carbocycles. The van der Waals surface area contributed by atoms with Crippen LogP contribution in [0.5, 0.6) is 0 Å². The molecule has 0 rings (SSSR count). The Balaban J connectivity index is -0.000000329. The van der Waals surface area contributed by atoms with Gasteiger partial charge in [-0.3, -0.25) is 38.4 Å². The summed E-state index contributed by atoms with van der Waals surface area (Å²) in [5, 5.41) is 18.1. The molecule has 13 N–H and O–H groups in total. The third-order valence-corrected chi connectivity index (χ3v) is 10.3. The van der Waals surface area contributed by atoms with Gasteiger partial charge in [-0.15, -0.1) is 0 Å². The smallest absolute Gasteiger partial charge is 0.407 e. The average molecular weight is 1140 g/mol. The summed E-state index contributed by atoms with van der Waals surface area (Å²) in [5.41, 5.74) is 15.1. The fourth-order valence-corrected chi connectivity index (χ4v) is 6.40. The van der Waals surface area contributed by atoms with Gasteiger partial charge in [0.05, 0.1) is 31.7 Å². The number of alkyl carbamates (subject to hydrolysis) is 1. The standard InChI is InChI=1S/C17H33N5O5.C17H33N3O3.C17H32N2O3.2C4H10/c1-16(2,3)22-11-14(25)21-10-13(24)20-9-12(23)18-7-8-19-15(26)27-17(4,5)6;1-11(2)9-13(18)14(21)10-12(15(22)17(3,4)5)7-6-8-20-16(19)23;1-11(2)15(18)14(21)10-13(16(22)17(4,5)6)8-7-9-19-12(3)20;2*1-4(2)3/h22H,7-11H2,1-6H3,(H,18,23)(H,19,26)(H,20,24)(H,21,25);11-13H,6-10,18H2,1-5H3,(H3,19,20,23);11,13,15H,7-10,18H2,1-6H3,(H,19,20);2*4H,1-3H3. The minimum atomic E-state index is -0.587. The highest BCUT2D eigenvalue weighted by atomic mass is 16.6. The zero-order valence-corrected chi connectivity index (χ0v) is 54.2. The van der Waals surface area contributed by atoms with Crippen LogP contribution in [0.4, 0.5) is 9.59 Å². The molecule has 0 saturated heterocycles. The fraction of sp³-hybridized carbons (Fsp3) is 0.831. The molecule has 80 heavy (non-hydrogen) atoms. The molecular formula is C59H118N10O11. The highest BCUT2D eigenvalue weighted by Crippen LogP contribution is 2.28. The number of carbonyl (C=O) groups is 10. The lowest BCUT2D eigenvalue weighted by Crippen LogP contribution is -2.47. The molecule has 7 amide bonds. The van der Waals surface area contributed by atoms with Crippen molar-refractivity contribution in [2.75, 3.05) is 45.8 Å². The van der Waals surface area contributed by atoms with Crippen LogP contribution in [0, 0.1) is 46.3 Å². The van der Waals surface area contributed by atoms with Gasteiger partial charge in [0.2, 0.25) is 23.6 Å². The quantitative estimate of drug-likeness (QED) is 0.0367. The SMILES string of the molecule is CC(=O)NCCCC(CC(=O)C(N)C(C)C)C(=O)C(C)(C)C.CC(C)(C)NCC(=O)NCC(=O)NCC(=O)NCCNC(=O)OC(C)(C)C.CC(C)C.CC(C)C.CC(C)CC(N)C(=O)CC(CCCNC(N)=O)C(=O)C(C)(C)C. The van der Waals surface area contributed by atoms with Crippen molar-refractivity contribution in [3.05, 3.63) is 0 Å². The van der Waals surface area contributed by atoms with Crippen molar-refractivity contribution in [2.24, 2.45) is 63.5 Å². The molecule has 0 aliphatic carbocycles. The second-order valence-electron chi connectivity index (χ2n) is 26.4. The molecule has 0 spiro atoms. The number of ether oxygens (including phenoxy) is 1. The minimum absolute atomic E-state index is 0.0571. The first kappa shape index (κ1) is 83.8. The van der Waals surface area contributed by atoms with Gasteiger partial charge in [-0.1, -0.05) is 111 Å². The summed E-state index contributed by atoms with van der Waals surface area (Å²) >= 11 is 0. The number of amides is 7. The number of ketones is 4. The molecule has 21 heteroatoms. The number of Topliss-reactive ketones (excluding diaryl/α,β-unsaturated/α-hetero) is 4. The first-order valence-electron chi connectivity index (χ1n) is 28.6. The maximum absolute atomic E-state index is 12.6. The van der Waals surface area contributed by atoms with Gasteiger partial charge in [0, 0.05) is 74.1 Å². The zero-order valence-electron chi connectivity index (χ0n) is 54.2. The molecule has 0 aromatic rings. The van der Waals surface area contributed by atoms with Crippen LogP contribution in [-0.2, 0) is 43.1 Å². The van der Waals surface area contributed by atoms with Crippen LogP contribution < -0.4 is 54.4 Å².